The zero-order valence-electron chi connectivity index (χ0n) is 11.8. The number of hydrogen-bond donors (Lipinski definition) is 2. The van der Waals surface area contributed by atoms with Crippen molar-refractivity contribution in [3.05, 3.63) is 29.8 Å². The van der Waals surface area contributed by atoms with Gasteiger partial charge in [-0.05, 0) is 55.9 Å². The van der Waals surface area contributed by atoms with E-state index in [1.165, 1.54) is 44.2 Å². The van der Waals surface area contributed by atoms with Crippen molar-refractivity contribution in [1.82, 2.24) is 0 Å². The molecule has 1 heterocycles. The van der Waals surface area contributed by atoms with Gasteiger partial charge in [0, 0.05) is 23.8 Å². The first kappa shape index (κ1) is 13.3. The first-order valence-corrected chi connectivity index (χ1v) is 7.64. The molecule has 20 heavy (non-hydrogen) atoms. The predicted molar refractivity (Wildman–Crippen MR) is 81.3 cm³/mol. The molecule has 1 aromatic carbocycles. The standard InChI is InChI=1S/C16H23N3O/c17-16(18-20)13-7-9-14(10-8-13)19-11-3-6-15(19)12-4-1-2-5-12/h7-10,12,15,20H,1-6,11H2,(H2,17,18). The molecule has 4 heteroatoms. The molecule has 0 amide bonds. The van der Waals surface area contributed by atoms with Crippen LogP contribution in [0.15, 0.2) is 29.4 Å². The summed E-state index contributed by atoms with van der Waals surface area (Å²) in [6.45, 7) is 1.16. The fourth-order valence-corrected chi connectivity index (χ4v) is 3.83. The van der Waals surface area contributed by atoms with Crippen molar-refractivity contribution in [2.24, 2.45) is 16.8 Å². The molecule has 108 valence electrons. The van der Waals surface area contributed by atoms with E-state index in [0.717, 1.165) is 18.0 Å². The maximum atomic E-state index is 8.71. The molecule has 0 spiro atoms. The molecule has 3 rings (SSSR count). The number of hydrogen-bond acceptors (Lipinski definition) is 3. The second-order valence-corrected chi connectivity index (χ2v) is 5.98. The Kier molecular flexibility index (Phi) is 3.81. The van der Waals surface area contributed by atoms with Crippen molar-refractivity contribution in [3.63, 3.8) is 0 Å². The lowest BCUT2D eigenvalue weighted by Crippen LogP contribution is -2.34. The van der Waals surface area contributed by atoms with Gasteiger partial charge < -0.3 is 15.8 Å². The Bertz CT molecular complexity index is 477. The van der Waals surface area contributed by atoms with Gasteiger partial charge in [-0.2, -0.15) is 0 Å². The van der Waals surface area contributed by atoms with Crippen molar-refractivity contribution in [3.8, 4) is 0 Å². The fraction of sp³-hybridized carbons (Fsp3) is 0.562. The summed E-state index contributed by atoms with van der Waals surface area (Å²) in [5.74, 6) is 1.05. The van der Waals surface area contributed by atoms with Crippen LogP contribution in [0.5, 0.6) is 0 Å². The minimum Gasteiger partial charge on any atom is -0.409 e. The van der Waals surface area contributed by atoms with E-state index in [-0.39, 0.29) is 5.84 Å². The maximum absolute atomic E-state index is 8.71. The van der Waals surface area contributed by atoms with E-state index >= 15 is 0 Å². The largest absolute Gasteiger partial charge is 0.409 e. The molecule has 1 aromatic rings. The van der Waals surface area contributed by atoms with Crippen LogP contribution in [0.25, 0.3) is 0 Å². The van der Waals surface area contributed by atoms with Crippen molar-refractivity contribution in [2.75, 3.05) is 11.4 Å². The van der Waals surface area contributed by atoms with E-state index in [1.807, 2.05) is 12.1 Å². The Morgan fingerprint density at radius 3 is 2.45 bits per heavy atom. The smallest absolute Gasteiger partial charge is 0.170 e. The van der Waals surface area contributed by atoms with Gasteiger partial charge in [0.25, 0.3) is 0 Å². The number of rotatable bonds is 3. The van der Waals surface area contributed by atoms with Gasteiger partial charge in [0.1, 0.15) is 0 Å². The highest BCUT2D eigenvalue weighted by molar-refractivity contribution is 5.97. The number of nitrogens with zero attached hydrogens (tertiary/aromatic N) is 2. The molecular weight excluding hydrogens is 250 g/mol. The molecule has 3 N–H and O–H groups in total. The molecule has 1 atom stereocenters. The van der Waals surface area contributed by atoms with Crippen LogP contribution in [0, 0.1) is 5.92 Å². The summed E-state index contributed by atoms with van der Waals surface area (Å²) < 4.78 is 0. The van der Waals surface area contributed by atoms with Crippen molar-refractivity contribution in [2.45, 2.75) is 44.6 Å². The summed E-state index contributed by atoms with van der Waals surface area (Å²) in [5, 5.41) is 11.8. The summed E-state index contributed by atoms with van der Waals surface area (Å²) in [6.07, 6.45) is 8.21. The first-order valence-electron chi connectivity index (χ1n) is 7.64. The zero-order chi connectivity index (χ0) is 13.9. The Labute approximate surface area is 120 Å². The highest BCUT2D eigenvalue weighted by atomic mass is 16.4. The molecule has 2 aliphatic rings. The normalized spacial score (nSPS) is 24.5. The molecule has 2 fully saturated rings. The molecule has 1 unspecified atom stereocenters. The lowest BCUT2D eigenvalue weighted by atomic mass is 9.95. The van der Waals surface area contributed by atoms with Gasteiger partial charge in [-0.25, -0.2) is 0 Å². The van der Waals surface area contributed by atoms with Gasteiger partial charge in [-0.3, -0.25) is 0 Å². The Morgan fingerprint density at radius 2 is 1.80 bits per heavy atom. The average molecular weight is 273 g/mol. The summed E-state index contributed by atoms with van der Waals surface area (Å²) in [6, 6.07) is 8.79. The number of nitrogens with two attached hydrogens (primary N) is 1. The van der Waals surface area contributed by atoms with E-state index in [0.29, 0.717) is 6.04 Å². The lowest BCUT2D eigenvalue weighted by Gasteiger charge is -2.31. The molecule has 1 saturated heterocycles. The third kappa shape index (κ3) is 2.47. The third-order valence-corrected chi connectivity index (χ3v) is 4.85. The summed E-state index contributed by atoms with van der Waals surface area (Å²) in [7, 11) is 0. The second kappa shape index (κ2) is 5.73. The number of amidine groups is 1. The van der Waals surface area contributed by atoms with Gasteiger partial charge in [-0.1, -0.05) is 18.0 Å². The van der Waals surface area contributed by atoms with Crippen LogP contribution in [-0.2, 0) is 0 Å². The Balaban J connectivity index is 1.77. The minimum atomic E-state index is 0.172. The van der Waals surface area contributed by atoms with Gasteiger partial charge in [0.05, 0.1) is 0 Å². The molecule has 4 nitrogen and oxygen atoms in total. The molecule has 1 aliphatic heterocycles. The van der Waals surface area contributed by atoms with E-state index in [9.17, 15) is 0 Å². The van der Waals surface area contributed by atoms with Crippen LogP contribution >= 0.6 is 0 Å². The monoisotopic (exact) mass is 273 g/mol. The van der Waals surface area contributed by atoms with E-state index < -0.39 is 0 Å². The van der Waals surface area contributed by atoms with Crippen LogP contribution in [0.3, 0.4) is 0 Å². The van der Waals surface area contributed by atoms with Crippen molar-refractivity contribution >= 4 is 11.5 Å². The highest BCUT2D eigenvalue weighted by Gasteiger charge is 2.33. The van der Waals surface area contributed by atoms with Crippen LogP contribution in [0.2, 0.25) is 0 Å². The van der Waals surface area contributed by atoms with Crippen LogP contribution in [0.1, 0.15) is 44.1 Å². The minimum absolute atomic E-state index is 0.172. The van der Waals surface area contributed by atoms with Gasteiger partial charge in [-0.15, -0.1) is 0 Å². The maximum Gasteiger partial charge on any atom is 0.170 e. The molecular formula is C16H23N3O. The average Bonchev–Trinajstić information content (AvgIpc) is 3.16. The van der Waals surface area contributed by atoms with Crippen LogP contribution in [-0.4, -0.2) is 23.6 Å². The van der Waals surface area contributed by atoms with Crippen molar-refractivity contribution < 1.29 is 5.21 Å². The third-order valence-electron chi connectivity index (χ3n) is 4.85. The predicted octanol–water partition coefficient (Wildman–Crippen LogP) is 2.94. The number of benzene rings is 1. The zero-order valence-corrected chi connectivity index (χ0v) is 11.8. The van der Waals surface area contributed by atoms with Gasteiger partial charge in [0.2, 0.25) is 0 Å². The van der Waals surface area contributed by atoms with Gasteiger partial charge in [0.15, 0.2) is 5.84 Å². The summed E-state index contributed by atoms with van der Waals surface area (Å²) >= 11 is 0. The Hall–Kier alpha value is -1.71. The summed E-state index contributed by atoms with van der Waals surface area (Å²) in [4.78, 5) is 2.56. The second-order valence-electron chi connectivity index (χ2n) is 5.98. The molecule has 0 radical (unpaired) electrons. The molecule has 1 saturated carbocycles. The van der Waals surface area contributed by atoms with Gasteiger partial charge >= 0.3 is 0 Å². The number of anilines is 1. The topological polar surface area (TPSA) is 61.9 Å². The van der Waals surface area contributed by atoms with Crippen LogP contribution in [0.4, 0.5) is 5.69 Å². The molecule has 0 aromatic heterocycles. The molecule has 0 bridgehead atoms. The quantitative estimate of drug-likeness (QED) is 0.385. The van der Waals surface area contributed by atoms with Crippen LogP contribution < -0.4 is 10.6 Å². The SMILES string of the molecule is NC(=NO)c1ccc(N2CCCC2C2CCCC2)cc1. The highest BCUT2D eigenvalue weighted by Crippen LogP contribution is 2.37. The van der Waals surface area contributed by atoms with E-state index in [1.54, 1.807) is 0 Å². The number of oxime groups is 1. The van der Waals surface area contributed by atoms with E-state index in [2.05, 4.69) is 22.2 Å². The summed E-state index contributed by atoms with van der Waals surface area (Å²) in [5.41, 5.74) is 7.65. The van der Waals surface area contributed by atoms with E-state index in [4.69, 9.17) is 10.9 Å². The van der Waals surface area contributed by atoms with Crippen molar-refractivity contribution in [1.29, 1.82) is 0 Å². The Morgan fingerprint density at radius 1 is 1.10 bits per heavy atom. The molecule has 1 aliphatic carbocycles. The fourth-order valence-electron chi connectivity index (χ4n) is 3.83. The first-order chi connectivity index (χ1) is 9.79. The lowest BCUT2D eigenvalue weighted by molar-refractivity contribution is 0.318.